The molecule has 0 atom stereocenters. The van der Waals surface area contributed by atoms with Crippen LogP contribution in [0.25, 0.3) is 0 Å². The van der Waals surface area contributed by atoms with E-state index >= 15 is 0 Å². The van der Waals surface area contributed by atoms with Crippen LogP contribution in [0.5, 0.6) is 0 Å². The highest BCUT2D eigenvalue weighted by atomic mass is 16.1. The summed E-state index contributed by atoms with van der Waals surface area (Å²) in [6.45, 7) is 5.18. The lowest BCUT2D eigenvalue weighted by Gasteiger charge is -2.14. The van der Waals surface area contributed by atoms with Crippen molar-refractivity contribution in [1.82, 2.24) is 15.0 Å². The number of nitrogens with zero attached hydrogens (tertiary/aromatic N) is 3. The second-order valence-electron chi connectivity index (χ2n) is 5.62. The molecule has 0 bridgehead atoms. The average Bonchev–Trinajstić information content (AvgIpc) is 2.86. The van der Waals surface area contributed by atoms with Crippen molar-refractivity contribution in [3.63, 3.8) is 0 Å². The Morgan fingerprint density at radius 1 is 1.44 bits per heavy atom. The van der Waals surface area contributed by atoms with Crippen LogP contribution in [0.2, 0.25) is 0 Å². The molecule has 5 nitrogen and oxygen atoms in total. The highest BCUT2D eigenvalue weighted by Gasteiger charge is 2.26. The van der Waals surface area contributed by atoms with Crippen molar-refractivity contribution in [2.75, 3.05) is 0 Å². The summed E-state index contributed by atoms with van der Waals surface area (Å²) >= 11 is 0. The summed E-state index contributed by atoms with van der Waals surface area (Å²) in [6.07, 6.45) is 5.08. The van der Waals surface area contributed by atoms with E-state index in [1.165, 1.54) is 25.7 Å². The molecule has 0 aliphatic heterocycles. The van der Waals surface area contributed by atoms with E-state index in [0.29, 0.717) is 11.8 Å². The maximum Gasteiger partial charge on any atom is 0.223 e. The Bertz CT molecular complexity index is 419. The van der Waals surface area contributed by atoms with Crippen LogP contribution >= 0.6 is 0 Å². The van der Waals surface area contributed by atoms with Crippen LogP contribution in [0.3, 0.4) is 0 Å². The van der Waals surface area contributed by atoms with Crippen molar-refractivity contribution in [2.45, 2.75) is 58.4 Å². The summed E-state index contributed by atoms with van der Waals surface area (Å²) in [5, 5.41) is 8.38. The molecule has 0 unspecified atom stereocenters. The fourth-order valence-electron chi connectivity index (χ4n) is 2.77. The van der Waals surface area contributed by atoms with E-state index in [2.05, 4.69) is 24.2 Å². The number of hydrogen-bond donors (Lipinski definition) is 1. The maximum absolute atomic E-state index is 11.1. The van der Waals surface area contributed by atoms with Gasteiger partial charge in [0.2, 0.25) is 5.91 Å². The zero-order valence-electron chi connectivity index (χ0n) is 11.2. The summed E-state index contributed by atoms with van der Waals surface area (Å²) in [5.41, 5.74) is 7.23. The van der Waals surface area contributed by atoms with Crippen molar-refractivity contribution < 1.29 is 4.79 Å². The predicted molar refractivity (Wildman–Crippen MR) is 69.0 cm³/mol. The number of rotatable bonds is 5. The topological polar surface area (TPSA) is 73.8 Å². The summed E-state index contributed by atoms with van der Waals surface area (Å²) in [4.78, 5) is 11.1. The number of aromatic nitrogens is 3. The minimum absolute atomic E-state index is 0.212. The van der Waals surface area contributed by atoms with E-state index < -0.39 is 0 Å². The van der Waals surface area contributed by atoms with Crippen molar-refractivity contribution in [1.29, 1.82) is 0 Å². The van der Waals surface area contributed by atoms with E-state index in [1.807, 2.05) is 4.68 Å². The Balaban J connectivity index is 2.28. The highest BCUT2D eigenvalue weighted by Crippen LogP contribution is 2.35. The van der Waals surface area contributed by atoms with Gasteiger partial charge < -0.3 is 5.73 Å². The van der Waals surface area contributed by atoms with Crippen LogP contribution in [0.4, 0.5) is 0 Å². The summed E-state index contributed by atoms with van der Waals surface area (Å²) in [7, 11) is 0. The third kappa shape index (κ3) is 2.89. The van der Waals surface area contributed by atoms with Crippen molar-refractivity contribution in [3.8, 4) is 0 Å². The van der Waals surface area contributed by atoms with Crippen LogP contribution in [-0.2, 0) is 17.8 Å². The Morgan fingerprint density at radius 3 is 2.67 bits per heavy atom. The standard InChI is InChI=1S/C13H22N4O/c1-9(2)8-17-13(10-5-3-4-6-10)11(15-16-17)7-12(14)18/h9-10H,3-8H2,1-2H3,(H2,14,18). The third-order valence-electron chi connectivity index (χ3n) is 3.47. The quantitative estimate of drug-likeness (QED) is 0.863. The summed E-state index contributed by atoms with van der Waals surface area (Å²) in [5.74, 6) is 0.701. The first-order valence-electron chi connectivity index (χ1n) is 6.78. The summed E-state index contributed by atoms with van der Waals surface area (Å²) in [6, 6.07) is 0. The lowest BCUT2D eigenvalue weighted by Crippen LogP contribution is -2.17. The molecular formula is C13H22N4O. The maximum atomic E-state index is 11.1. The van der Waals surface area contributed by atoms with Gasteiger partial charge in [-0.3, -0.25) is 4.79 Å². The molecule has 1 aromatic heterocycles. The van der Waals surface area contributed by atoms with Gasteiger partial charge in [-0.25, -0.2) is 4.68 Å². The van der Waals surface area contributed by atoms with Crippen molar-refractivity contribution in [2.24, 2.45) is 11.7 Å². The van der Waals surface area contributed by atoms with Crippen molar-refractivity contribution in [3.05, 3.63) is 11.4 Å². The van der Waals surface area contributed by atoms with Gasteiger partial charge in [-0.05, 0) is 18.8 Å². The fraction of sp³-hybridized carbons (Fsp3) is 0.769. The lowest BCUT2D eigenvalue weighted by atomic mass is 10.00. The molecule has 1 fully saturated rings. The Kier molecular flexibility index (Phi) is 3.99. The van der Waals surface area contributed by atoms with Gasteiger partial charge in [-0.2, -0.15) is 0 Å². The largest absolute Gasteiger partial charge is 0.369 e. The molecule has 1 heterocycles. The van der Waals surface area contributed by atoms with Gasteiger partial charge in [-0.15, -0.1) is 5.10 Å². The zero-order chi connectivity index (χ0) is 13.1. The Labute approximate surface area is 108 Å². The first kappa shape index (κ1) is 13.1. The molecule has 18 heavy (non-hydrogen) atoms. The molecule has 2 N–H and O–H groups in total. The molecule has 0 spiro atoms. The molecule has 100 valence electrons. The minimum atomic E-state index is -0.328. The number of nitrogens with two attached hydrogens (primary N) is 1. The van der Waals surface area contributed by atoms with Crippen LogP contribution in [-0.4, -0.2) is 20.9 Å². The number of amides is 1. The monoisotopic (exact) mass is 250 g/mol. The lowest BCUT2D eigenvalue weighted by molar-refractivity contribution is -0.117. The first-order valence-corrected chi connectivity index (χ1v) is 6.78. The molecule has 5 heteroatoms. The molecule has 0 saturated heterocycles. The van der Waals surface area contributed by atoms with E-state index in [-0.39, 0.29) is 12.3 Å². The van der Waals surface area contributed by atoms with Gasteiger partial charge in [-0.1, -0.05) is 31.9 Å². The SMILES string of the molecule is CC(C)Cn1nnc(CC(N)=O)c1C1CCCC1. The molecule has 1 aliphatic rings. The number of hydrogen-bond acceptors (Lipinski definition) is 3. The molecule has 1 aromatic rings. The van der Waals surface area contributed by atoms with E-state index in [9.17, 15) is 4.79 Å². The minimum Gasteiger partial charge on any atom is -0.369 e. The van der Waals surface area contributed by atoms with Crippen LogP contribution in [0.1, 0.15) is 56.8 Å². The molecule has 1 amide bonds. The van der Waals surface area contributed by atoms with Gasteiger partial charge >= 0.3 is 0 Å². The molecular weight excluding hydrogens is 228 g/mol. The van der Waals surface area contributed by atoms with Gasteiger partial charge in [0.25, 0.3) is 0 Å². The average molecular weight is 250 g/mol. The molecule has 1 aliphatic carbocycles. The van der Waals surface area contributed by atoms with Crippen LogP contribution in [0.15, 0.2) is 0 Å². The predicted octanol–water partition coefficient (Wildman–Crippen LogP) is 1.62. The molecule has 0 aromatic carbocycles. The Hall–Kier alpha value is -1.39. The first-order chi connectivity index (χ1) is 8.58. The van der Waals surface area contributed by atoms with E-state index in [4.69, 9.17) is 5.73 Å². The van der Waals surface area contributed by atoms with Crippen LogP contribution < -0.4 is 5.73 Å². The zero-order valence-corrected chi connectivity index (χ0v) is 11.2. The van der Waals surface area contributed by atoms with Gasteiger partial charge in [0.1, 0.15) is 0 Å². The highest BCUT2D eigenvalue weighted by molar-refractivity contribution is 5.76. The smallest absolute Gasteiger partial charge is 0.223 e. The second-order valence-corrected chi connectivity index (χ2v) is 5.62. The Morgan fingerprint density at radius 2 is 2.11 bits per heavy atom. The van der Waals surface area contributed by atoms with Gasteiger partial charge in [0.05, 0.1) is 17.8 Å². The number of carbonyl (C=O) groups is 1. The van der Waals surface area contributed by atoms with E-state index in [1.54, 1.807) is 0 Å². The third-order valence-corrected chi connectivity index (χ3v) is 3.47. The van der Waals surface area contributed by atoms with E-state index in [0.717, 1.165) is 17.9 Å². The fourth-order valence-corrected chi connectivity index (χ4v) is 2.77. The summed E-state index contributed by atoms with van der Waals surface area (Å²) < 4.78 is 1.99. The van der Waals surface area contributed by atoms with Crippen molar-refractivity contribution >= 4 is 5.91 Å². The molecule has 2 rings (SSSR count). The number of carbonyl (C=O) groups excluding carboxylic acids is 1. The normalized spacial score (nSPS) is 16.6. The van der Waals surface area contributed by atoms with Gasteiger partial charge in [0, 0.05) is 12.5 Å². The second kappa shape index (κ2) is 5.50. The van der Waals surface area contributed by atoms with Crippen LogP contribution in [0, 0.1) is 5.92 Å². The molecule has 0 radical (unpaired) electrons. The van der Waals surface area contributed by atoms with Gasteiger partial charge in [0.15, 0.2) is 0 Å². The number of primary amides is 1. The molecule has 1 saturated carbocycles.